The molecule has 2 rings (SSSR count). The Kier molecular flexibility index (Phi) is 8.12. The number of hydrogen-bond acceptors (Lipinski definition) is 4. The SMILES string of the molecule is CC(C)[C@@H](C)N(Cc1cc(NC(=O)c2cccs2)ccc1N(C)C)C(=O)NC(C)(C)C. The third-order valence-electron chi connectivity index (χ3n) is 5.10. The van der Waals surface area contributed by atoms with Crippen LogP contribution in [0.3, 0.4) is 0 Å². The third-order valence-corrected chi connectivity index (χ3v) is 5.97. The van der Waals surface area contributed by atoms with E-state index in [9.17, 15) is 9.59 Å². The Morgan fingerprint density at radius 2 is 1.77 bits per heavy atom. The van der Waals surface area contributed by atoms with E-state index in [1.165, 1.54) is 11.3 Å². The van der Waals surface area contributed by atoms with E-state index >= 15 is 0 Å². The zero-order valence-electron chi connectivity index (χ0n) is 19.9. The molecule has 0 aliphatic heterocycles. The Labute approximate surface area is 190 Å². The highest BCUT2D eigenvalue weighted by atomic mass is 32.1. The summed E-state index contributed by atoms with van der Waals surface area (Å²) in [7, 11) is 3.96. The van der Waals surface area contributed by atoms with Crippen molar-refractivity contribution in [3.63, 3.8) is 0 Å². The van der Waals surface area contributed by atoms with Crippen molar-refractivity contribution in [2.24, 2.45) is 5.92 Å². The first-order valence-electron chi connectivity index (χ1n) is 10.6. The van der Waals surface area contributed by atoms with E-state index in [1.807, 2.05) is 74.3 Å². The van der Waals surface area contributed by atoms with Gasteiger partial charge < -0.3 is 20.4 Å². The zero-order valence-corrected chi connectivity index (χ0v) is 20.8. The standard InChI is InChI=1S/C24H36N4O2S/c1-16(2)17(3)28(23(30)26-24(4,5)6)15-18-14-19(11-12-20(18)27(7)8)25-22(29)21-10-9-13-31-21/h9-14,16-17H,15H2,1-8H3,(H,25,29)(H,26,30)/t17-/m1/s1. The zero-order chi connectivity index (χ0) is 23.3. The number of amides is 3. The van der Waals surface area contributed by atoms with Crippen LogP contribution in [0, 0.1) is 5.92 Å². The van der Waals surface area contributed by atoms with Crippen LogP contribution in [-0.2, 0) is 6.54 Å². The number of anilines is 2. The van der Waals surface area contributed by atoms with Crippen molar-refractivity contribution in [3.8, 4) is 0 Å². The van der Waals surface area contributed by atoms with Crippen molar-refractivity contribution < 1.29 is 9.59 Å². The molecule has 0 bridgehead atoms. The molecule has 7 heteroatoms. The largest absolute Gasteiger partial charge is 0.377 e. The molecule has 2 aromatic rings. The molecule has 1 aromatic heterocycles. The topological polar surface area (TPSA) is 64.7 Å². The molecule has 1 heterocycles. The summed E-state index contributed by atoms with van der Waals surface area (Å²) >= 11 is 1.41. The second-order valence-electron chi connectivity index (χ2n) is 9.46. The van der Waals surface area contributed by atoms with Crippen LogP contribution in [0.5, 0.6) is 0 Å². The molecule has 0 radical (unpaired) electrons. The average molecular weight is 445 g/mol. The molecule has 0 unspecified atom stereocenters. The van der Waals surface area contributed by atoms with Gasteiger partial charge in [0.2, 0.25) is 0 Å². The van der Waals surface area contributed by atoms with E-state index in [1.54, 1.807) is 6.07 Å². The van der Waals surface area contributed by atoms with Gasteiger partial charge in [0.15, 0.2) is 0 Å². The highest BCUT2D eigenvalue weighted by Crippen LogP contribution is 2.27. The van der Waals surface area contributed by atoms with E-state index in [4.69, 9.17) is 0 Å². The van der Waals surface area contributed by atoms with Crippen LogP contribution in [-0.4, -0.2) is 42.5 Å². The fourth-order valence-corrected chi connectivity index (χ4v) is 3.78. The molecular weight excluding hydrogens is 408 g/mol. The number of hydrogen-bond donors (Lipinski definition) is 2. The van der Waals surface area contributed by atoms with Crippen molar-refractivity contribution >= 4 is 34.6 Å². The van der Waals surface area contributed by atoms with Crippen LogP contribution in [0.1, 0.15) is 56.8 Å². The van der Waals surface area contributed by atoms with Crippen molar-refractivity contribution in [2.75, 3.05) is 24.3 Å². The van der Waals surface area contributed by atoms with Crippen LogP contribution >= 0.6 is 11.3 Å². The van der Waals surface area contributed by atoms with Gasteiger partial charge in [0, 0.05) is 43.6 Å². The lowest BCUT2D eigenvalue weighted by molar-refractivity contribution is 0.103. The Morgan fingerprint density at radius 3 is 2.29 bits per heavy atom. The van der Waals surface area contributed by atoms with Crippen molar-refractivity contribution in [1.82, 2.24) is 10.2 Å². The maximum absolute atomic E-state index is 13.1. The van der Waals surface area contributed by atoms with Gasteiger partial charge in [0.25, 0.3) is 5.91 Å². The molecule has 0 saturated heterocycles. The first kappa shape index (κ1) is 24.7. The lowest BCUT2D eigenvalue weighted by Crippen LogP contribution is -2.52. The van der Waals surface area contributed by atoms with E-state index in [0.29, 0.717) is 23.0 Å². The number of nitrogens with one attached hydrogen (secondary N) is 2. The first-order chi connectivity index (χ1) is 14.4. The lowest BCUT2D eigenvalue weighted by Gasteiger charge is -2.35. The number of rotatable bonds is 7. The van der Waals surface area contributed by atoms with Gasteiger partial charge in [-0.25, -0.2) is 4.79 Å². The molecule has 3 amide bonds. The third kappa shape index (κ3) is 6.99. The summed E-state index contributed by atoms with van der Waals surface area (Å²) < 4.78 is 0. The molecule has 0 aliphatic carbocycles. The minimum absolute atomic E-state index is 0.0433. The summed E-state index contributed by atoms with van der Waals surface area (Å²) in [6, 6.07) is 9.46. The van der Waals surface area contributed by atoms with E-state index in [0.717, 1.165) is 11.3 Å². The molecule has 1 aromatic carbocycles. The molecule has 31 heavy (non-hydrogen) atoms. The molecule has 0 spiro atoms. The molecule has 0 fully saturated rings. The molecule has 2 N–H and O–H groups in total. The maximum Gasteiger partial charge on any atom is 0.318 e. The number of benzene rings is 1. The molecule has 170 valence electrons. The van der Waals surface area contributed by atoms with Gasteiger partial charge in [-0.1, -0.05) is 19.9 Å². The monoisotopic (exact) mass is 444 g/mol. The Bertz CT molecular complexity index is 885. The highest BCUT2D eigenvalue weighted by molar-refractivity contribution is 7.12. The number of carbonyl (C=O) groups is 2. The minimum atomic E-state index is -0.326. The summed E-state index contributed by atoms with van der Waals surface area (Å²) in [5, 5.41) is 7.96. The molecule has 6 nitrogen and oxygen atoms in total. The number of urea groups is 1. The number of nitrogens with zero attached hydrogens (tertiary/aromatic N) is 2. The van der Waals surface area contributed by atoms with Crippen LogP contribution in [0.4, 0.5) is 16.2 Å². The van der Waals surface area contributed by atoms with Gasteiger partial charge in [-0.05, 0) is 68.8 Å². The normalized spacial score (nSPS) is 12.4. The highest BCUT2D eigenvalue weighted by Gasteiger charge is 2.27. The van der Waals surface area contributed by atoms with Crippen molar-refractivity contribution in [2.45, 2.75) is 59.7 Å². The first-order valence-corrected chi connectivity index (χ1v) is 11.5. The van der Waals surface area contributed by atoms with Crippen LogP contribution in [0.15, 0.2) is 35.7 Å². The number of thiophene rings is 1. The number of carbonyl (C=O) groups excluding carboxylic acids is 2. The van der Waals surface area contributed by atoms with E-state index in [2.05, 4.69) is 31.4 Å². The Hall–Kier alpha value is -2.54. The van der Waals surface area contributed by atoms with Gasteiger partial charge in [0.05, 0.1) is 4.88 Å². The van der Waals surface area contributed by atoms with Gasteiger partial charge in [-0.15, -0.1) is 11.3 Å². The second-order valence-corrected chi connectivity index (χ2v) is 10.4. The summed E-state index contributed by atoms with van der Waals surface area (Å²) in [5.74, 6) is 0.173. The predicted molar refractivity (Wildman–Crippen MR) is 131 cm³/mol. The van der Waals surface area contributed by atoms with Crippen LogP contribution < -0.4 is 15.5 Å². The van der Waals surface area contributed by atoms with Crippen LogP contribution in [0.2, 0.25) is 0 Å². The quantitative estimate of drug-likeness (QED) is 0.599. The van der Waals surface area contributed by atoms with E-state index < -0.39 is 0 Å². The smallest absolute Gasteiger partial charge is 0.318 e. The maximum atomic E-state index is 13.1. The molecular formula is C24H36N4O2S. The van der Waals surface area contributed by atoms with Gasteiger partial charge in [-0.2, -0.15) is 0 Å². The molecule has 0 aliphatic rings. The fraction of sp³-hybridized carbons (Fsp3) is 0.500. The van der Waals surface area contributed by atoms with Crippen molar-refractivity contribution in [1.29, 1.82) is 0 Å². The van der Waals surface area contributed by atoms with Crippen molar-refractivity contribution in [3.05, 3.63) is 46.2 Å². The summed E-state index contributed by atoms with van der Waals surface area (Å²) in [6.45, 7) is 12.7. The summed E-state index contributed by atoms with van der Waals surface area (Å²) in [6.07, 6.45) is 0. The molecule has 0 saturated carbocycles. The minimum Gasteiger partial charge on any atom is -0.377 e. The predicted octanol–water partition coefficient (Wildman–Crippen LogP) is 5.42. The fourth-order valence-electron chi connectivity index (χ4n) is 3.16. The Balaban J connectivity index is 2.36. The van der Waals surface area contributed by atoms with Crippen LogP contribution in [0.25, 0.3) is 0 Å². The summed E-state index contributed by atoms with van der Waals surface area (Å²) in [5.41, 5.74) is 2.38. The van der Waals surface area contributed by atoms with Gasteiger partial charge in [-0.3, -0.25) is 4.79 Å². The Morgan fingerprint density at radius 1 is 1.10 bits per heavy atom. The average Bonchev–Trinajstić information content (AvgIpc) is 3.18. The van der Waals surface area contributed by atoms with Gasteiger partial charge >= 0.3 is 6.03 Å². The second kappa shape index (κ2) is 10.2. The van der Waals surface area contributed by atoms with E-state index in [-0.39, 0.29) is 23.5 Å². The summed E-state index contributed by atoms with van der Waals surface area (Å²) in [4.78, 5) is 30.2. The molecule has 1 atom stereocenters. The van der Waals surface area contributed by atoms with Gasteiger partial charge in [0.1, 0.15) is 0 Å². The lowest BCUT2D eigenvalue weighted by atomic mass is 10.0.